The van der Waals surface area contributed by atoms with Gasteiger partial charge in [-0.3, -0.25) is 9.59 Å². The fourth-order valence-corrected chi connectivity index (χ4v) is 4.67. The Balaban J connectivity index is 1.56. The maximum Gasteiger partial charge on any atom is 0.255 e. The van der Waals surface area contributed by atoms with E-state index >= 15 is 0 Å². The lowest BCUT2D eigenvalue weighted by atomic mass is 10.1. The Labute approximate surface area is 159 Å². The quantitative estimate of drug-likeness (QED) is 0.717. The Hall–Kier alpha value is -2.51. The van der Waals surface area contributed by atoms with Gasteiger partial charge in [0.05, 0.1) is 18.2 Å². The van der Waals surface area contributed by atoms with Crippen LogP contribution >= 0.6 is 22.7 Å². The summed E-state index contributed by atoms with van der Waals surface area (Å²) in [6, 6.07) is 11.3. The van der Waals surface area contributed by atoms with Gasteiger partial charge in [0.25, 0.3) is 5.91 Å². The Bertz CT molecular complexity index is 949. The first-order valence-electron chi connectivity index (χ1n) is 8.26. The van der Waals surface area contributed by atoms with Crippen molar-refractivity contribution in [2.45, 2.75) is 25.9 Å². The smallest absolute Gasteiger partial charge is 0.255 e. The molecule has 1 aromatic carbocycles. The number of amides is 2. The van der Waals surface area contributed by atoms with Crippen LogP contribution in [0.3, 0.4) is 0 Å². The molecule has 0 saturated carbocycles. The lowest BCUT2D eigenvalue weighted by Crippen LogP contribution is -2.31. The maximum atomic E-state index is 12.9. The molecule has 1 N–H and O–H groups in total. The number of hydrogen-bond acceptors (Lipinski definition) is 5. The second-order valence-corrected chi connectivity index (χ2v) is 8.01. The SMILES string of the molecule is Cc1csc(NC(=O)C[C@@H](c2cccs2)N2Cc3ccccc3C2=O)n1. The Morgan fingerprint density at radius 3 is 2.81 bits per heavy atom. The van der Waals surface area contributed by atoms with E-state index in [9.17, 15) is 9.59 Å². The highest BCUT2D eigenvalue weighted by molar-refractivity contribution is 7.14. The summed E-state index contributed by atoms with van der Waals surface area (Å²) in [6.45, 7) is 2.42. The Kier molecular flexibility index (Phi) is 4.57. The van der Waals surface area contributed by atoms with E-state index in [1.54, 1.807) is 16.2 Å². The molecule has 5 nitrogen and oxygen atoms in total. The van der Waals surface area contributed by atoms with Crippen LogP contribution in [0.1, 0.15) is 39.0 Å². The normalized spacial score (nSPS) is 14.3. The van der Waals surface area contributed by atoms with Gasteiger partial charge in [-0.1, -0.05) is 24.3 Å². The van der Waals surface area contributed by atoms with Crippen molar-refractivity contribution in [1.82, 2.24) is 9.88 Å². The molecule has 0 aliphatic carbocycles. The number of aryl methyl sites for hydroxylation is 1. The van der Waals surface area contributed by atoms with Gasteiger partial charge in [-0.15, -0.1) is 22.7 Å². The Morgan fingerprint density at radius 2 is 2.12 bits per heavy atom. The predicted octanol–water partition coefficient (Wildman–Crippen LogP) is 4.24. The zero-order chi connectivity index (χ0) is 18.1. The van der Waals surface area contributed by atoms with Crippen molar-refractivity contribution in [3.05, 3.63) is 68.9 Å². The number of nitrogens with zero attached hydrogens (tertiary/aromatic N) is 2. The van der Waals surface area contributed by atoms with Crippen LogP contribution in [0, 0.1) is 6.92 Å². The van der Waals surface area contributed by atoms with Crippen LogP contribution in [0.4, 0.5) is 5.13 Å². The third-order valence-corrected chi connectivity index (χ3v) is 6.19. The molecule has 1 aliphatic rings. The van der Waals surface area contributed by atoms with Crippen LogP contribution in [0.15, 0.2) is 47.2 Å². The number of aromatic nitrogens is 1. The molecule has 0 saturated heterocycles. The summed E-state index contributed by atoms with van der Waals surface area (Å²) < 4.78 is 0. The fraction of sp³-hybridized carbons (Fsp3) is 0.211. The molecule has 1 aliphatic heterocycles. The molecule has 0 fully saturated rings. The first-order chi connectivity index (χ1) is 12.6. The molecule has 0 spiro atoms. The highest BCUT2D eigenvalue weighted by atomic mass is 32.1. The Morgan fingerprint density at radius 1 is 1.27 bits per heavy atom. The molecular formula is C19H17N3O2S2. The summed E-state index contributed by atoms with van der Waals surface area (Å²) in [5.41, 5.74) is 2.62. The monoisotopic (exact) mass is 383 g/mol. The first kappa shape index (κ1) is 16.9. The van der Waals surface area contributed by atoms with E-state index in [4.69, 9.17) is 0 Å². The number of benzene rings is 1. The van der Waals surface area contributed by atoms with Gasteiger partial charge in [-0.25, -0.2) is 4.98 Å². The summed E-state index contributed by atoms with van der Waals surface area (Å²) in [7, 11) is 0. The fourth-order valence-electron chi connectivity index (χ4n) is 3.13. The number of hydrogen-bond donors (Lipinski definition) is 1. The number of thiazole rings is 1. The molecule has 3 heterocycles. The van der Waals surface area contributed by atoms with E-state index < -0.39 is 0 Å². The number of carbonyl (C=O) groups is 2. The standard InChI is InChI=1S/C19H17N3O2S2/c1-12-11-26-19(20-12)21-17(23)9-15(16-7-4-8-25-16)22-10-13-5-2-3-6-14(13)18(22)24/h2-8,11,15H,9-10H2,1H3,(H,20,21,23)/t15-/m0/s1. The summed E-state index contributed by atoms with van der Waals surface area (Å²) in [6.07, 6.45) is 0.207. The zero-order valence-corrected chi connectivity index (χ0v) is 15.8. The van der Waals surface area contributed by atoms with Gasteiger partial charge in [0.2, 0.25) is 5.91 Å². The van der Waals surface area contributed by atoms with Crippen LogP contribution in [0.25, 0.3) is 0 Å². The van der Waals surface area contributed by atoms with Gasteiger partial charge in [-0.05, 0) is 30.0 Å². The van der Waals surface area contributed by atoms with Crippen LogP contribution < -0.4 is 5.32 Å². The summed E-state index contributed by atoms with van der Waals surface area (Å²) >= 11 is 2.97. The molecule has 132 valence electrons. The van der Waals surface area contributed by atoms with E-state index in [2.05, 4.69) is 10.3 Å². The number of carbonyl (C=O) groups excluding carboxylic acids is 2. The van der Waals surface area contributed by atoms with Crippen molar-refractivity contribution in [3.63, 3.8) is 0 Å². The van der Waals surface area contributed by atoms with Crippen molar-refractivity contribution >= 4 is 39.6 Å². The molecule has 0 unspecified atom stereocenters. The average molecular weight is 383 g/mol. The summed E-state index contributed by atoms with van der Waals surface area (Å²) in [4.78, 5) is 32.5. The molecule has 2 amide bonds. The number of thiophene rings is 1. The summed E-state index contributed by atoms with van der Waals surface area (Å²) in [5, 5.41) is 7.31. The zero-order valence-electron chi connectivity index (χ0n) is 14.1. The number of anilines is 1. The molecular weight excluding hydrogens is 366 g/mol. The van der Waals surface area contributed by atoms with E-state index in [-0.39, 0.29) is 24.3 Å². The maximum absolute atomic E-state index is 12.9. The van der Waals surface area contributed by atoms with E-state index in [1.807, 2.05) is 54.1 Å². The third-order valence-electron chi connectivity index (χ3n) is 4.34. The molecule has 26 heavy (non-hydrogen) atoms. The second kappa shape index (κ2) is 7.01. The third kappa shape index (κ3) is 3.27. The number of fused-ring (bicyclic) bond motifs is 1. The molecule has 2 aromatic heterocycles. The molecule has 0 bridgehead atoms. The average Bonchev–Trinajstić information content (AvgIpc) is 3.35. The van der Waals surface area contributed by atoms with Crippen molar-refractivity contribution in [1.29, 1.82) is 0 Å². The van der Waals surface area contributed by atoms with E-state index in [0.717, 1.165) is 21.7 Å². The highest BCUT2D eigenvalue weighted by Crippen LogP contribution is 2.35. The van der Waals surface area contributed by atoms with Crippen LogP contribution in [-0.4, -0.2) is 21.7 Å². The minimum atomic E-state index is -0.282. The van der Waals surface area contributed by atoms with Gasteiger partial charge in [0.1, 0.15) is 0 Å². The van der Waals surface area contributed by atoms with Gasteiger partial charge in [0.15, 0.2) is 5.13 Å². The van der Waals surface area contributed by atoms with Gasteiger partial charge in [-0.2, -0.15) is 0 Å². The minimum Gasteiger partial charge on any atom is -0.326 e. The molecule has 0 radical (unpaired) electrons. The minimum absolute atomic E-state index is 0.0168. The molecule has 4 rings (SSSR count). The lowest BCUT2D eigenvalue weighted by molar-refractivity contribution is -0.117. The molecule has 7 heteroatoms. The summed E-state index contributed by atoms with van der Waals surface area (Å²) in [5.74, 6) is -0.154. The van der Waals surface area contributed by atoms with Crippen molar-refractivity contribution in [2.75, 3.05) is 5.32 Å². The largest absolute Gasteiger partial charge is 0.326 e. The van der Waals surface area contributed by atoms with Crippen molar-refractivity contribution in [3.8, 4) is 0 Å². The second-order valence-electron chi connectivity index (χ2n) is 6.17. The van der Waals surface area contributed by atoms with E-state index in [0.29, 0.717) is 11.7 Å². The van der Waals surface area contributed by atoms with Crippen LogP contribution in [0.5, 0.6) is 0 Å². The lowest BCUT2D eigenvalue weighted by Gasteiger charge is -2.26. The molecule has 3 aromatic rings. The number of nitrogens with one attached hydrogen (secondary N) is 1. The van der Waals surface area contributed by atoms with Gasteiger partial charge >= 0.3 is 0 Å². The van der Waals surface area contributed by atoms with E-state index in [1.165, 1.54) is 11.3 Å². The predicted molar refractivity (Wildman–Crippen MR) is 103 cm³/mol. The van der Waals surface area contributed by atoms with Gasteiger partial charge in [0, 0.05) is 22.4 Å². The molecule has 1 atom stereocenters. The number of rotatable bonds is 5. The van der Waals surface area contributed by atoms with Crippen molar-refractivity contribution in [2.24, 2.45) is 0 Å². The van der Waals surface area contributed by atoms with Gasteiger partial charge < -0.3 is 10.2 Å². The first-order valence-corrected chi connectivity index (χ1v) is 10.0. The highest BCUT2D eigenvalue weighted by Gasteiger charge is 2.34. The van der Waals surface area contributed by atoms with Crippen LogP contribution in [-0.2, 0) is 11.3 Å². The van der Waals surface area contributed by atoms with Crippen molar-refractivity contribution < 1.29 is 9.59 Å². The van der Waals surface area contributed by atoms with Crippen LogP contribution in [0.2, 0.25) is 0 Å². The topological polar surface area (TPSA) is 62.3 Å².